The normalized spacial score (nSPS) is 12.6. The van der Waals surface area contributed by atoms with Gasteiger partial charge in [0, 0.05) is 19.3 Å². The molecule has 0 rings (SSSR count). The summed E-state index contributed by atoms with van der Waals surface area (Å²) in [4.78, 5) is 38.2. The zero-order valence-electron chi connectivity index (χ0n) is 48.1. The van der Waals surface area contributed by atoms with E-state index in [0.29, 0.717) is 19.3 Å². The molecule has 0 aliphatic carbocycles. The van der Waals surface area contributed by atoms with Gasteiger partial charge in [0.15, 0.2) is 6.10 Å². The van der Waals surface area contributed by atoms with Gasteiger partial charge in [-0.05, 0) is 109 Å². The van der Waals surface area contributed by atoms with Crippen molar-refractivity contribution in [3.63, 3.8) is 0 Å². The van der Waals surface area contributed by atoms with E-state index in [1.165, 1.54) is 148 Å². The van der Waals surface area contributed by atoms with Gasteiger partial charge in [-0.25, -0.2) is 0 Å². The number of ether oxygens (including phenoxy) is 3. The number of allylic oxidation sites excluding steroid dienone is 14. The van der Waals surface area contributed by atoms with Crippen LogP contribution in [0.5, 0.6) is 0 Å². The van der Waals surface area contributed by atoms with E-state index >= 15 is 0 Å². The zero-order chi connectivity index (χ0) is 52.9. The minimum absolute atomic E-state index is 0.0966. The molecule has 0 saturated carbocycles. The average Bonchev–Trinajstić information content (AvgIpc) is 3.39. The number of hydrogen-bond acceptors (Lipinski definition) is 6. The fourth-order valence-electron chi connectivity index (χ4n) is 8.70. The molecule has 0 fully saturated rings. The Morgan fingerprint density at radius 3 is 0.932 bits per heavy atom. The van der Waals surface area contributed by atoms with Crippen molar-refractivity contribution in [1.29, 1.82) is 0 Å². The van der Waals surface area contributed by atoms with E-state index in [1.807, 2.05) is 0 Å². The van der Waals surface area contributed by atoms with Gasteiger partial charge in [-0.3, -0.25) is 14.4 Å². The summed E-state index contributed by atoms with van der Waals surface area (Å²) in [7, 11) is 0. The van der Waals surface area contributed by atoms with E-state index in [1.54, 1.807) is 0 Å². The van der Waals surface area contributed by atoms with Crippen LogP contribution in [0.1, 0.15) is 303 Å². The van der Waals surface area contributed by atoms with Crippen LogP contribution in [0, 0.1) is 0 Å². The predicted octanol–water partition coefficient (Wildman–Crippen LogP) is 21.1. The van der Waals surface area contributed by atoms with E-state index in [-0.39, 0.29) is 37.5 Å². The predicted molar refractivity (Wildman–Crippen MR) is 316 cm³/mol. The molecule has 0 aromatic rings. The summed E-state index contributed by atoms with van der Waals surface area (Å²) in [5, 5.41) is 0. The number of carbonyl (C=O) groups excluding carboxylic acids is 3. The van der Waals surface area contributed by atoms with Gasteiger partial charge in [0.2, 0.25) is 0 Å². The van der Waals surface area contributed by atoms with Crippen LogP contribution in [-0.2, 0) is 28.6 Å². The van der Waals surface area contributed by atoms with Crippen molar-refractivity contribution in [3.05, 3.63) is 85.1 Å². The molecule has 420 valence electrons. The van der Waals surface area contributed by atoms with Gasteiger partial charge >= 0.3 is 17.9 Å². The van der Waals surface area contributed by atoms with Crippen molar-refractivity contribution in [2.45, 2.75) is 309 Å². The van der Waals surface area contributed by atoms with E-state index in [2.05, 4.69) is 106 Å². The molecule has 0 aliphatic heterocycles. The Morgan fingerprint density at radius 1 is 0.288 bits per heavy atom. The first kappa shape index (κ1) is 69.6. The van der Waals surface area contributed by atoms with Crippen LogP contribution in [0.2, 0.25) is 0 Å². The summed E-state index contributed by atoms with van der Waals surface area (Å²) in [6.07, 6.45) is 80.3. The van der Waals surface area contributed by atoms with Crippen molar-refractivity contribution >= 4 is 17.9 Å². The molecular weight excluding hydrogens is 901 g/mol. The summed E-state index contributed by atoms with van der Waals surface area (Å²) in [5.74, 6) is -0.946. The third kappa shape index (κ3) is 59.3. The van der Waals surface area contributed by atoms with Gasteiger partial charge < -0.3 is 14.2 Å². The Labute approximate surface area is 452 Å². The minimum Gasteiger partial charge on any atom is -0.462 e. The molecule has 0 amide bonds. The lowest BCUT2D eigenvalue weighted by Crippen LogP contribution is -2.30. The molecule has 0 spiro atoms. The molecule has 0 heterocycles. The van der Waals surface area contributed by atoms with Crippen LogP contribution in [0.4, 0.5) is 0 Å². The van der Waals surface area contributed by atoms with Gasteiger partial charge in [0.05, 0.1) is 0 Å². The Kier molecular flexibility index (Phi) is 58.3. The van der Waals surface area contributed by atoms with Gasteiger partial charge in [-0.2, -0.15) is 0 Å². The van der Waals surface area contributed by atoms with Crippen LogP contribution in [0.25, 0.3) is 0 Å². The van der Waals surface area contributed by atoms with Gasteiger partial charge in [-0.15, -0.1) is 0 Å². The Morgan fingerprint density at radius 2 is 0.562 bits per heavy atom. The number of carbonyl (C=O) groups is 3. The lowest BCUT2D eigenvalue weighted by atomic mass is 10.0. The SMILES string of the molecule is CC/C=C\C/C=C\C/C=C\C/C=C\CCCCC(=O)OC(COC(=O)CCCCCCC/C=C\C/C=C\CCC)COC(=O)CCCCCCCCCCCCCCCCC/C=C\CCCCCCCCCC. The molecule has 1 unspecified atom stereocenters. The van der Waals surface area contributed by atoms with Crippen LogP contribution in [0.15, 0.2) is 85.1 Å². The van der Waals surface area contributed by atoms with Crippen LogP contribution in [0.3, 0.4) is 0 Å². The van der Waals surface area contributed by atoms with Gasteiger partial charge in [-0.1, -0.05) is 260 Å². The first-order chi connectivity index (χ1) is 36.0. The van der Waals surface area contributed by atoms with Crippen molar-refractivity contribution in [3.8, 4) is 0 Å². The summed E-state index contributed by atoms with van der Waals surface area (Å²) < 4.78 is 16.8. The molecule has 0 N–H and O–H groups in total. The molecule has 0 aliphatic rings. The highest BCUT2D eigenvalue weighted by molar-refractivity contribution is 5.71. The average molecular weight is 1020 g/mol. The Balaban J connectivity index is 4.26. The summed E-state index contributed by atoms with van der Waals surface area (Å²) in [6.45, 7) is 6.44. The lowest BCUT2D eigenvalue weighted by molar-refractivity contribution is -0.167. The first-order valence-electron chi connectivity index (χ1n) is 31.1. The first-order valence-corrected chi connectivity index (χ1v) is 31.1. The smallest absolute Gasteiger partial charge is 0.306 e. The molecule has 1 atom stereocenters. The van der Waals surface area contributed by atoms with E-state index in [0.717, 1.165) is 109 Å². The molecule has 73 heavy (non-hydrogen) atoms. The summed E-state index contributed by atoms with van der Waals surface area (Å²) >= 11 is 0. The number of unbranched alkanes of at least 4 members (excludes halogenated alkanes) is 31. The second kappa shape index (κ2) is 61.1. The van der Waals surface area contributed by atoms with Crippen molar-refractivity contribution < 1.29 is 28.6 Å². The second-order valence-corrected chi connectivity index (χ2v) is 20.6. The number of esters is 3. The van der Waals surface area contributed by atoms with Crippen LogP contribution >= 0.6 is 0 Å². The monoisotopic (exact) mass is 1020 g/mol. The number of hydrogen-bond donors (Lipinski definition) is 0. The van der Waals surface area contributed by atoms with Crippen molar-refractivity contribution in [1.82, 2.24) is 0 Å². The molecule has 6 heteroatoms. The fraction of sp³-hybridized carbons (Fsp3) is 0.746. The second-order valence-electron chi connectivity index (χ2n) is 20.6. The van der Waals surface area contributed by atoms with Crippen LogP contribution < -0.4 is 0 Å². The van der Waals surface area contributed by atoms with E-state index in [4.69, 9.17) is 14.2 Å². The molecule has 0 aromatic carbocycles. The quantitative estimate of drug-likeness (QED) is 0.0261. The highest BCUT2D eigenvalue weighted by Gasteiger charge is 2.19. The number of rotatable bonds is 56. The van der Waals surface area contributed by atoms with E-state index in [9.17, 15) is 14.4 Å². The maximum Gasteiger partial charge on any atom is 0.306 e. The third-order valence-corrected chi connectivity index (χ3v) is 13.3. The lowest BCUT2D eigenvalue weighted by Gasteiger charge is -2.18. The fourth-order valence-corrected chi connectivity index (χ4v) is 8.70. The molecular formula is C67H116O6. The van der Waals surface area contributed by atoms with Gasteiger partial charge in [0.1, 0.15) is 13.2 Å². The molecule has 0 aromatic heterocycles. The maximum atomic E-state index is 12.8. The van der Waals surface area contributed by atoms with Crippen molar-refractivity contribution in [2.75, 3.05) is 13.2 Å². The van der Waals surface area contributed by atoms with Gasteiger partial charge in [0.25, 0.3) is 0 Å². The Hall–Kier alpha value is -3.41. The standard InChI is InChI=1S/C67H116O6/c1-4-7-10-13-16-19-22-25-27-28-29-30-31-32-33-34-35-36-37-38-40-42-45-48-51-54-57-60-66(69)72-63-64(62-71-65(68)59-56-53-50-47-44-41-24-21-18-15-12-9-6-3)73-67(70)61-58-55-52-49-46-43-39-26-23-20-17-14-11-8-5-2/h8,11-12,15,17,20-21,24,26,28-29,39,46,49,64H,4-7,9-10,13-14,16,18-19,22-23,25,27,30-38,40-45,47-48,50-63H2,1-3H3/b11-8-,15-12-,20-17-,24-21-,29-28-,39-26-,49-46-. The highest BCUT2D eigenvalue weighted by atomic mass is 16.6. The largest absolute Gasteiger partial charge is 0.462 e. The molecule has 0 bridgehead atoms. The maximum absolute atomic E-state index is 12.8. The van der Waals surface area contributed by atoms with E-state index < -0.39 is 6.10 Å². The Bertz CT molecular complexity index is 1400. The third-order valence-electron chi connectivity index (χ3n) is 13.3. The summed E-state index contributed by atoms with van der Waals surface area (Å²) in [5.41, 5.74) is 0. The molecule has 0 radical (unpaired) electrons. The molecule has 0 saturated heterocycles. The minimum atomic E-state index is -0.804. The molecule has 6 nitrogen and oxygen atoms in total. The highest BCUT2D eigenvalue weighted by Crippen LogP contribution is 2.16. The summed E-state index contributed by atoms with van der Waals surface area (Å²) in [6, 6.07) is 0. The zero-order valence-corrected chi connectivity index (χ0v) is 48.1. The van der Waals surface area contributed by atoms with Crippen molar-refractivity contribution in [2.24, 2.45) is 0 Å². The topological polar surface area (TPSA) is 78.9 Å². The van der Waals surface area contributed by atoms with Crippen LogP contribution in [-0.4, -0.2) is 37.2 Å².